The van der Waals surface area contributed by atoms with Crippen molar-refractivity contribution >= 4 is 48.7 Å². The Morgan fingerprint density at radius 3 is 2.73 bits per heavy atom. The van der Waals surface area contributed by atoms with Gasteiger partial charge in [-0.05, 0) is 65.9 Å². The predicted molar refractivity (Wildman–Crippen MR) is 120 cm³/mol. The molecule has 3 heterocycles. The fourth-order valence-electron chi connectivity index (χ4n) is 3.84. The molecule has 2 N–H and O–H groups in total. The number of aromatic nitrogens is 3. The fraction of sp³-hybridized carbons (Fsp3) is 0.400. The number of benzene rings is 1. The van der Waals surface area contributed by atoms with Crippen molar-refractivity contribution in [3.8, 4) is 0 Å². The zero-order chi connectivity index (χ0) is 21.3. The molecule has 10 heteroatoms. The molecule has 4 rings (SSSR count). The minimum atomic E-state index is -3.25. The first-order valence-corrected chi connectivity index (χ1v) is 12.5. The van der Waals surface area contributed by atoms with Crippen LogP contribution >= 0.6 is 15.9 Å². The largest absolute Gasteiger partial charge is 0.396 e. The number of nitrogens with zero attached hydrogens (tertiary/aromatic N) is 4. The average molecular weight is 494 g/mol. The van der Waals surface area contributed by atoms with Crippen LogP contribution in [-0.2, 0) is 9.84 Å². The summed E-state index contributed by atoms with van der Waals surface area (Å²) in [6, 6.07) is 8.83. The van der Waals surface area contributed by atoms with Crippen molar-refractivity contribution in [3.63, 3.8) is 0 Å². The Labute approximate surface area is 184 Å². The fourth-order valence-corrected chi connectivity index (χ4v) is 4.82. The van der Waals surface area contributed by atoms with Gasteiger partial charge in [0.25, 0.3) is 0 Å². The van der Waals surface area contributed by atoms with E-state index in [9.17, 15) is 13.5 Å². The molecular weight excluding hydrogens is 470 g/mol. The number of aliphatic hydroxyl groups is 1. The number of aliphatic hydroxyl groups excluding tert-OH is 1. The summed E-state index contributed by atoms with van der Waals surface area (Å²) in [5.74, 6) is 1.55. The minimum absolute atomic E-state index is 0.150. The van der Waals surface area contributed by atoms with E-state index in [0.29, 0.717) is 12.1 Å². The Balaban J connectivity index is 1.72. The van der Waals surface area contributed by atoms with Crippen molar-refractivity contribution in [2.24, 2.45) is 0 Å². The molecule has 160 valence electrons. The number of fused-ring (bicyclic) bond motifs is 1. The van der Waals surface area contributed by atoms with Crippen LogP contribution in [0.3, 0.4) is 0 Å². The van der Waals surface area contributed by atoms with E-state index in [-0.39, 0.29) is 17.5 Å². The number of hydrogen-bond acceptors (Lipinski definition) is 7. The number of halogens is 1. The number of anilines is 3. The molecule has 0 aliphatic carbocycles. The molecule has 0 radical (unpaired) electrons. The Morgan fingerprint density at radius 2 is 2.03 bits per heavy atom. The zero-order valence-corrected chi connectivity index (χ0v) is 19.0. The van der Waals surface area contributed by atoms with Crippen molar-refractivity contribution in [1.29, 1.82) is 0 Å². The molecule has 1 fully saturated rings. The molecule has 1 aliphatic heterocycles. The van der Waals surface area contributed by atoms with Gasteiger partial charge in [0, 0.05) is 37.2 Å². The standard InChI is InChI=1S/C20H24BrN5O3S/c1-30(28,29)16-7-5-14(6-8-16)23-19-12-18(24-20-17(21)13-22-26(19)20)25-10-3-2-4-15(25)9-11-27/h5-8,12-13,15,23,27H,2-4,9-11H2,1H3. The zero-order valence-electron chi connectivity index (χ0n) is 16.6. The van der Waals surface area contributed by atoms with Crippen LogP contribution in [0.25, 0.3) is 5.65 Å². The van der Waals surface area contributed by atoms with Gasteiger partial charge in [-0.3, -0.25) is 0 Å². The second kappa shape index (κ2) is 8.52. The van der Waals surface area contributed by atoms with E-state index in [4.69, 9.17) is 4.98 Å². The first-order valence-electron chi connectivity index (χ1n) is 9.86. The van der Waals surface area contributed by atoms with Crippen LogP contribution < -0.4 is 10.2 Å². The maximum atomic E-state index is 11.7. The topological polar surface area (TPSA) is 99.8 Å². The molecule has 2 aromatic heterocycles. The lowest BCUT2D eigenvalue weighted by Gasteiger charge is -2.36. The summed E-state index contributed by atoms with van der Waals surface area (Å²) in [6.45, 7) is 1.04. The number of sulfone groups is 1. The van der Waals surface area contributed by atoms with E-state index in [2.05, 4.69) is 31.2 Å². The second-order valence-electron chi connectivity index (χ2n) is 7.50. The molecule has 3 aromatic rings. The van der Waals surface area contributed by atoms with Gasteiger partial charge in [0.05, 0.1) is 15.6 Å². The lowest BCUT2D eigenvalue weighted by atomic mass is 9.99. The summed E-state index contributed by atoms with van der Waals surface area (Å²) >= 11 is 3.52. The summed E-state index contributed by atoms with van der Waals surface area (Å²) in [6.07, 6.45) is 6.87. The van der Waals surface area contributed by atoms with Crippen LogP contribution in [0, 0.1) is 0 Å². The predicted octanol–water partition coefficient (Wildman–Crippen LogP) is 3.38. The SMILES string of the molecule is CS(=O)(=O)c1ccc(Nc2cc(N3CCCCC3CCO)nc3c(Br)cnn23)cc1. The van der Waals surface area contributed by atoms with Crippen molar-refractivity contribution in [1.82, 2.24) is 14.6 Å². The van der Waals surface area contributed by atoms with Crippen molar-refractivity contribution in [3.05, 3.63) is 41.0 Å². The van der Waals surface area contributed by atoms with Gasteiger partial charge in [-0.15, -0.1) is 0 Å². The van der Waals surface area contributed by atoms with E-state index >= 15 is 0 Å². The third kappa shape index (κ3) is 4.30. The lowest BCUT2D eigenvalue weighted by Crippen LogP contribution is -2.40. The quantitative estimate of drug-likeness (QED) is 0.542. The normalized spacial score (nSPS) is 17.4. The molecular formula is C20H24BrN5O3S. The highest BCUT2D eigenvalue weighted by Gasteiger charge is 2.25. The van der Waals surface area contributed by atoms with Gasteiger partial charge in [-0.25, -0.2) is 13.4 Å². The van der Waals surface area contributed by atoms with Crippen LogP contribution in [0.2, 0.25) is 0 Å². The van der Waals surface area contributed by atoms with E-state index in [1.54, 1.807) is 35.0 Å². The summed E-state index contributed by atoms with van der Waals surface area (Å²) < 4.78 is 25.9. The Morgan fingerprint density at radius 1 is 1.27 bits per heavy atom. The smallest absolute Gasteiger partial charge is 0.175 e. The Kier molecular flexibility index (Phi) is 5.99. The first kappa shape index (κ1) is 21.1. The molecule has 0 amide bonds. The second-order valence-corrected chi connectivity index (χ2v) is 10.4. The molecule has 8 nitrogen and oxygen atoms in total. The molecule has 0 saturated carbocycles. The molecule has 1 aromatic carbocycles. The summed E-state index contributed by atoms with van der Waals surface area (Å²) in [4.78, 5) is 7.35. The van der Waals surface area contributed by atoms with Crippen LogP contribution in [0.15, 0.2) is 45.9 Å². The highest BCUT2D eigenvalue weighted by Crippen LogP contribution is 2.31. The summed E-state index contributed by atoms with van der Waals surface area (Å²) in [5, 5.41) is 17.2. The van der Waals surface area contributed by atoms with E-state index in [1.807, 2.05) is 6.07 Å². The van der Waals surface area contributed by atoms with Gasteiger partial charge in [-0.1, -0.05) is 0 Å². The monoisotopic (exact) mass is 493 g/mol. The Hall–Kier alpha value is -2.17. The van der Waals surface area contributed by atoms with Crippen LogP contribution in [0.5, 0.6) is 0 Å². The summed E-state index contributed by atoms with van der Waals surface area (Å²) in [7, 11) is -3.25. The third-order valence-electron chi connectivity index (χ3n) is 5.35. The number of hydrogen-bond donors (Lipinski definition) is 2. The molecule has 0 bridgehead atoms. The summed E-state index contributed by atoms with van der Waals surface area (Å²) in [5.41, 5.74) is 1.44. The minimum Gasteiger partial charge on any atom is -0.396 e. The molecule has 1 unspecified atom stereocenters. The van der Waals surface area contributed by atoms with Crippen LogP contribution in [0.4, 0.5) is 17.3 Å². The lowest BCUT2D eigenvalue weighted by molar-refractivity contribution is 0.262. The van der Waals surface area contributed by atoms with E-state index in [0.717, 1.165) is 47.6 Å². The van der Waals surface area contributed by atoms with E-state index in [1.165, 1.54) is 6.26 Å². The van der Waals surface area contributed by atoms with Crippen LogP contribution in [0.1, 0.15) is 25.7 Å². The van der Waals surface area contributed by atoms with Crippen molar-refractivity contribution < 1.29 is 13.5 Å². The first-order chi connectivity index (χ1) is 14.4. The molecule has 1 atom stereocenters. The Bertz CT molecular complexity index is 1150. The van der Waals surface area contributed by atoms with Gasteiger partial charge in [0.1, 0.15) is 11.6 Å². The third-order valence-corrected chi connectivity index (χ3v) is 7.04. The van der Waals surface area contributed by atoms with Gasteiger partial charge >= 0.3 is 0 Å². The van der Waals surface area contributed by atoms with Gasteiger partial charge in [0.2, 0.25) is 0 Å². The average Bonchev–Trinajstić information content (AvgIpc) is 3.10. The maximum absolute atomic E-state index is 11.7. The van der Waals surface area contributed by atoms with Gasteiger partial charge in [-0.2, -0.15) is 9.61 Å². The van der Waals surface area contributed by atoms with Crippen LogP contribution in [-0.4, -0.2) is 53.6 Å². The number of nitrogens with one attached hydrogen (secondary N) is 1. The van der Waals surface area contributed by atoms with Crippen molar-refractivity contribution in [2.75, 3.05) is 29.6 Å². The highest BCUT2D eigenvalue weighted by atomic mass is 79.9. The molecule has 0 spiro atoms. The van der Waals surface area contributed by atoms with Gasteiger partial charge in [0.15, 0.2) is 15.5 Å². The highest BCUT2D eigenvalue weighted by molar-refractivity contribution is 9.10. The molecule has 30 heavy (non-hydrogen) atoms. The van der Waals surface area contributed by atoms with E-state index < -0.39 is 9.84 Å². The molecule has 1 saturated heterocycles. The maximum Gasteiger partial charge on any atom is 0.175 e. The van der Waals surface area contributed by atoms with Gasteiger partial charge < -0.3 is 15.3 Å². The van der Waals surface area contributed by atoms with Crippen molar-refractivity contribution in [2.45, 2.75) is 36.6 Å². The number of rotatable bonds is 6. The number of piperidine rings is 1. The molecule has 1 aliphatic rings.